The molecule has 0 radical (unpaired) electrons. The second-order valence-corrected chi connectivity index (χ2v) is 5.54. The predicted octanol–water partition coefficient (Wildman–Crippen LogP) is 2.71. The molecule has 0 aliphatic heterocycles. The zero-order chi connectivity index (χ0) is 18.2. The first-order valence-electron chi connectivity index (χ1n) is 8.14. The van der Waals surface area contributed by atoms with Crippen LogP contribution in [0.1, 0.15) is 26.7 Å². The molecule has 1 amide bonds. The van der Waals surface area contributed by atoms with Gasteiger partial charge < -0.3 is 4.42 Å². The fourth-order valence-electron chi connectivity index (χ4n) is 2.38. The minimum absolute atomic E-state index is 0.00583. The highest BCUT2D eigenvalue weighted by molar-refractivity contribution is 5.90. The van der Waals surface area contributed by atoms with Gasteiger partial charge in [0.25, 0.3) is 5.69 Å². The summed E-state index contributed by atoms with van der Waals surface area (Å²) in [4.78, 5) is 24.3. The highest BCUT2D eigenvalue weighted by atomic mass is 16.6. The van der Waals surface area contributed by atoms with Crippen LogP contribution in [0.5, 0.6) is 0 Å². The number of hydrogen-bond donors (Lipinski definition) is 1. The van der Waals surface area contributed by atoms with E-state index < -0.39 is 4.92 Å². The third kappa shape index (κ3) is 5.35. The lowest BCUT2D eigenvalue weighted by Crippen LogP contribution is -2.34. The molecule has 2 rings (SSSR count). The highest BCUT2D eigenvalue weighted by Crippen LogP contribution is 2.22. The van der Waals surface area contributed by atoms with Crippen molar-refractivity contribution in [3.63, 3.8) is 0 Å². The summed E-state index contributed by atoms with van der Waals surface area (Å²) in [5.74, 6) is -0.0371. The molecule has 0 unspecified atom stereocenters. The number of carbonyl (C=O) groups is 1. The lowest BCUT2D eigenvalue weighted by atomic mass is 10.2. The van der Waals surface area contributed by atoms with Gasteiger partial charge in [-0.2, -0.15) is 0 Å². The molecule has 1 heterocycles. The van der Waals surface area contributed by atoms with E-state index >= 15 is 0 Å². The van der Waals surface area contributed by atoms with Gasteiger partial charge in [0.2, 0.25) is 11.8 Å². The number of rotatable bonds is 9. The number of nitro groups is 1. The lowest BCUT2D eigenvalue weighted by molar-refractivity contribution is -0.384. The molecule has 0 saturated carbocycles. The Labute approximate surface area is 145 Å². The molecule has 1 aromatic carbocycles. The standard InChI is InChI=1S/C16H21N5O4/c1-3-9-20(10-4-2)11-14(22)17-16-19-18-15(25-16)12-5-7-13(8-6-12)21(23)24/h5-8H,3-4,9-11H2,1-2H3,(H,17,19,22). The Hall–Kier alpha value is -2.81. The van der Waals surface area contributed by atoms with Crippen LogP contribution in [-0.4, -0.2) is 45.6 Å². The summed E-state index contributed by atoms with van der Waals surface area (Å²) in [6.45, 7) is 6.08. The number of nitrogens with one attached hydrogen (secondary N) is 1. The predicted molar refractivity (Wildman–Crippen MR) is 92.0 cm³/mol. The van der Waals surface area contributed by atoms with Crippen LogP contribution in [0, 0.1) is 10.1 Å². The Bertz CT molecular complexity index is 708. The SMILES string of the molecule is CCCN(CCC)CC(=O)Nc1nnc(-c2ccc([N+](=O)[O-])cc2)o1. The largest absolute Gasteiger partial charge is 0.403 e. The van der Waals surface area contributed by atoms with Crippen LogP contribution in [0.2, 0.25) is 0 Å². The van der Waals surface area contributed by atoms with Crippen molar-refractivity contribution >= 4 is 17.6 Å². The molecule has 0 saturated heterocycles. The Morgan fingerprint density at radius 1 is 1.20 bits per heavy atom. The van der Waals surface area contributed by atoms with Gasteiger partial charge in [-0.05, 0) is 38.1 Å². The van der Waals surface area contributed by atoms with Gasteiger partial charge in [0.1, 0.15) is 0 Å². The number of nitrogens with zero attached hydrogens (tertiary/aromatic N) is 4. The third-order valence-electron chi connectivity index (χ3n) is 3.44. The summed E-state index contributed by atoms with van der Waals surface area (Å²) in [5, 5.41) is 20.9. The maximum atomic E-state index is 12.1. The smallest absolute Gasteiger partial charge is 0.322 e. The van der Waals surface area contributed by atoms with Crippen LogP contribution < -0.4 is 5.32 Å². The minimum atomic E-state index is -0.485. The Kier molecular flexibility index (Phi) is 6.58. The highest BCUT2D eigenvalue weighted by Gasteiger charge is 2.14. The zero-order valence-electron chi connectivity index (χ0n) is 14.3. The molecule has 2 aromatic rings. The minimum Gasteiger partial charge on any atom is -0.403 e. The number of anilines is 1. The second kappa shape index (κ2) is 8.88. The topological polar surface area (TPSA) is 114 Å². The number of aromatic nitrogens is 2. The van der Waals surface area contributed by atoms with E-state index in [1.807, 2.05) is 0 Å². The van der Waals surface area contributed by atoms with Crippen molar-refractivity contribution < 1.29 is 14.1 Å². The summed E-state index contributed by atoms with van der Waals surface area (Å²) >= 11 is 0. The number of carbonyl (C=O) groups excluding carboxylic acids is 1. The summed E-state index contributed by atoms with van der Waals surface area (Å²) in [5.41, 5.74) is 0.515. The van der Waals surface area contributed by atoms with Gasteiger partial charge in [0.15, 0.2) is 0 Å². The fourth-order valence-corrected chi connectivity index (χ4v) is 2.38. The Morgan fingerprint density at radius 2 is 1.84 bits per heavy atom. The van der Waals surface area contributed by atoms with Gasteiger partial charge in [0, 0.05) is 17.7 Å². The first-order valence-corrected chi connectivity index (χ1v) is 8.14. The summed E-state index contributed by atoms with van der Waals surface area (Å²) < 4.78 is 5.40. The summed E-state index contributed by atoms with van der Waals surface area (Å²) in [7, 11) is 0. The van der Waals surface area contributed by atoms with Crippen molar-refractivity contribution in [1.82, 2.24) is 15.1 Å². The third-order valence-corrected chi connectivity index (χ3v) is 3.44. The molecular weight excluding hydrogens is 326 g/mol. The number of benzene rings is 1. The van der Waals surface area contributed by atoms with E-state index in [0.717, 1.165) is 25.9 Å². The van der Waals surface area contributed by atoms with Crippen LogP contribution in [0.4, 0.5) is 11.7 Å². The zero-order valence-corrected chi connectivity index (χ0v) is 14.3. The van der Waals surface area contributed by atoms with E-state index in [9.17, 15) is 14.9 Å². The number of amides is 1. The summed E-state index contributed by atoms with van der Waals surface area (Å²) in [6, 6.07) is 5.74. The first kappa shape index (κ1) is 18.5. The molecule has 1 N–H and O–H groups in total. The first-order chi connectivity index (χ1) is 12.0. The number of non-ortho nitro benzene ring substituents is 1. The van der Waals surface area contributed by atoms with Crippen LogP contribution in [0.25, 0.3) is 11.5 Å². The average molecular weight is 347 g/mol. The van der Waals surface area contributed by atoms with Gasteiger partial charge in [-0.1, -0.05) is 18.9 Å². The normalized spacial score (nSPS) is 10.8. The number of nitro benzene ring substituents is 1. The van der Waals surface area contributed by atoms with Crippen molar-refractivity contribution in [2.45, 2.75) is 26.7 Å². The van der Waals surface area contributed by atoms with Crippen LogP contribution >= 0.6 is 0 Å². The van der Waals surface area contributed by atoms with Gasteiger partial charge in [0.05, 0.1) is 11.5 Å². The van der Waals surface area contributed by atoms with Gasteiger partial charge in [-0.15, -0.1) is 5.10 Å². The van der Waals surface area contributed by atoms with Crippen molar-refractivity contribution in [3.05, 3.63) is 34.4 Å². The second-order valence-electron chi connectivity index (χ2n) is 5.54. The van der Waals surface area contributed by atoms with E-state index in [1.165, 1.54) is 24.3 Å². The molecule has 9 heteroatoms. The van der Waals surface area contributed by atoms with E-state index in [2.05, 4.69) is 34.3 Å². The fraction of sp³-hybridized carbons (Fsp3) is 0.438. The lowest BCUT2D eigenvalue weighted by Gasteiger charge is -2.19. The summed E-state index contributed by atoms with van der Waals surface area (Å²) in [6.07, 6.45) is 1.94. The molecule has 9 nitrogen and oxygen atoms in total. The van der Waals surface area contributed by atoms with Crippen molar-refractivity contribution in [2.75, 3.05) is 25.0 Å². The van der Waals surface area contributed by atoms with Crippen LogP contribution in [0.3, 0.4) is 0 Å². The van der Waals surface area contributed by atoms with Gasteiger partial charge in [-0.25, -0.2) is 0 Å². The molecule has 0 fully saturated rings. The van der Waals surface area contributed by atoms with E-state index in [0.29, 0.717) is 5.56 Å². The molecule has 134 valence electrons. The molecule has 0 atom stereocenters. The average Bonchev–Trinajstić information content (AvgIpc) is 3.03. The van der Waals surface area contributed by atoms with E-state index in [-0.39, 0.29) is 30.0 Å². The molecular formula is C16H21N5O4. The van der Waals surface area contributed by atoms with E-state index in [4.69, 9.17) is 4.42 Å². The number of hydrogen-bond acceptors (Lipinski definition) is 7. The monoisotopic (exact) mass is 347 g/mol. The van der Waals surface area contributed by atoms with Crippen molar-refractivity contribution in [3.8, 4) is 11.5 Å². The molecule has 25 heavy (non-hydrogen) atoms. The molecule has 0 spiro atoms. The van der Waals surface area contributed by atoms with Gasteiger partial charge in [-0.3, -0.25) is 25.1 Å². The Balaban J connectivity index is 1.98. The molecule has 1 aromatic heterocycles. The quantitative estimate of drug-likeness (QED) is 0.548. The van der Waals surface area contributed by atoms with Crippen molar-refractivity contribution in [1.29, 1.82) is 0 Å². The van der Waals surface area contributed by atoms with Crippen LogP contribution in [-0.2, 0) is 4.79 Å². The Morgan fingerprint density at radius 3 is 2.40 bits per heavy atom. The molecule has 0 aliphatic rings. The molecule has 0 aliphatic carbocycles. The maximum Gasteiger partial charge on any atom is 0.322 e. The van der Waals surface area contributed by atoms with Gasteiger partial charge >= 0.3 is 6.01 Å². The molecule has 0 bridgehead atoms. The van der Waals surface area contributed by atoms with Crippen molar-refractivity contribution in [2.24, 2.45) is 0 Å². The van der Waals surface area contributed by atoms with E-state index in [1.54, 1.807) is 0 Å². The maximum absolute atomic E-state index is 12.1. The van der Waals surface area contributed by atoms with Crippen LogP contribution in [0.15, 0.2) is 28.7 Å².